The third-order valence-corrected chi connectivity index (χ3v) is 4.13. The average molecular weight is 297 g/mol. The molecular weight excluding hydrogens is 276 g/mol. The molecule has 3 heteroatoms. The highest BCUT2D eigenvalue weighted by Crippen LogP contribution is 2.35. The van der Waals surface area contributed by atoms with Gasteiger partial charge in [-0.1, -0.05) is 28.1 Å². The summed E-state index contributed by atoms with van der Waals surface area (Å²) in [4.78, 5) is 2.24. The second-order valence-electron chi connectivity index (χ2n) is 5.01. The Labute approximate surface area is 113 Å². The first-order chi connectivity index (χ1) is 8.18. The molecule has 0 spiro atoms. The van der Waals surface area contributed by atoms with Crippen LogP contribution in [0, 0.1) is 0 Å². The fraction of sp³-hybridized carbons (Fsp3) is 0.571. The molecule has 0 aromatic heterocycles. The summed E-state index contributed by atoms with van der Waals surface area (Å²) in [5.74, 6) is 0. The normalized spacial score (nSPS) is 18.7. The van der Waals surface area contributed by atoms with Gasteiger partial charge in [0.25, 0.3) is 0 Å². The van der Waals surface area contributed by atoms with Crippen molar-refractivity contribution in [2.45, 2.75) is 25.3 Å². The van der Waals surface area contributed by atoms with Crippen molar-refractivity contribution in [1.82, 2.24) is 10.2 Å². The number of hydrogen-bond acceptors (Lipinski definition) is 2. The van der Waals surface area contributed by atoms with Gasteiger partial charge < -0.3 is 10.2 Å². The fourth-order valence-corrected chi connectivity index (χ4v) is 3.07. The van der Waals surface area contributed by atoms with E-state index in [9.17, 15) is 0 Å². The van der Waals surface area contributed by atoms with E-state index in [1.165, 1.54) is 34.9 Å². The van der Waals surface area contributed by atoms with Crippen molar-refractivity contribution in [1.29, 1.82) is 0 Å². The van der Waals surface area contributed by atoms with Crippen molar-refractivity contribution in [3.63, 3.8) is 0 Å². The Morgan fingerprint density at radius 2 is 2.24 bits per heavy atom. The van der Waals surface area contributed by atoms with Crippen LogP contribution in [0.3, 0.4) is 0 Å². The zero-order chi connectivity index (χ0) is 12.3. The summed E-state index contributed by atoms with van der Waals surface area (Å²) in [7, 11) is 4.25. The number of benzene rings is 1. The molecule has 1 aliphatic carbocycles. The monoisotopic (exact) mass is 296 g/mol. The van der Waals surface area contributed by atoms with Gasteiger partial charge in [0, 0.05) is 10.5 Å². The van der Waals surface area contributed by atoms with Crippen molar-refractivity contribution in [2.75, 3.05) is 27.2 Å². The van der Waals surface area contributed by atoms with E-state index in [1.54, 1.807) is 0 Å². The van der Waals surface area contributed by atoms with Crippen LogP contribution in [0.15, 0.2) is 22.7 Å². The summed E-state index contributed by atoms with van der Waals surface area (Å²) < 4.78 is 1.27. The van der Waals surface area contributed by atoms with Gasteiger partial charge in [-0.3, -0.25) is 0 Å². The lowest BCUT2D eigenvalue weighted by Gasteiger charge is -2.15. The molecule has 2 nitrogen and oxygen atoms in total. The molecule has 0 fully saturated rings. The van der Waals surface area contributed by atoms with Gasteiger partial charge in [-0.2, -0.15) is 0 Å². The molecule has 0 saturated carbocycles. The van der Waals surface area contributed by atoms with Gasteiger partial charge >= 0.3 is 0 Å². The Balaban J connectivity index is 1.87. The van der Waals surface area contributed by atoms with Gasteiger partial charge in [0.15, 0.2) is 0 Å². The third-order valence-electron chi connectivity index (χ3n) is 3.39. The maximum atomic E-state index is 3.67. The van der Waals surface area contributed by atoms with Crippen LogP contribution in [0.1, 0.15) is 30.0 Å². The summed E-state index contributed by atoms with van der Waals surface area (Å²) in [6, 6.07) is 7.11. The summed E-state index contributed by atoms with van der Waals surface area (Å²) in [6.45, 7) is 2.26. The molecule has 2 rings (SSSR count). The minimum atomic E-state index is 0.560. The molecule has 94 valence electrons. The van der Waals surface area contributed by atoms with E-state index in [2.05, 4.69) is 58.4 Å². The SMILES string of the molecule is CN(C)CCCNC1CCc2c(Br)cccc21. The predicted octanol–water partition coefficient (Wildman–Crippen LogP) is 2.98. The molecule has 0 amide bonds. The van der Waals surface area contributed by atoms with Crippen molar-refractivity contribution >= 4 is 15.9 Å². The van der Waals surface area contributed by atoms with Crippen molar-refractivity contribution in [3.05, 3.63) is 33.8 Å². The summed E-state index contributed by atoms with van der Waals surface area (Å²) in [6.07, 6.45) is 3.65. The molecule has 1 aromatic carbocycles. The molecule has 0 bridgehead atoms. The molecule has 1 aliphatic rings. The number of fused-ring (bicyclic) bond motifs is 1. The standard InChI is InChI=1S/C14H21BrN2/c1-17(2)10-4-9-16-14-8-7-11-12(14)5-3-6-13(11)15/h3,5-6,14,16H,4,7-10H2,1-2H3. The van der Waals surface area contributed by atoms with Crippen molar-refractivity contribution < 1.29 is 0 Å². The van der Waals surface area contributed by atoms with E-state index >= 15 is 0 Å². The first-order valence-electron chi connectivity index (χ1n) is 6.34. The zero-order valence-electron chi connectivity index (χ0n) is 10.7. The lowest BCUT2D eigenvalue weighted by atomic mass is 10.1. The summed E-state index contributed by atoms with van der Waals surface area (Å²) >= 11 is 3.64. The Morgan fingerprint density at radius 1 is 1.41 bits per heavy atom. The summed E-state index contributed by atoms with van der Waals surface area (Å²) in [5, 5.41) is 3.67. The minimum Gasteiger partial charge on any atom is -0.310 e. The summed E-state index contributed by atoms with van der Waals surface area (Å²) in [5.41, 5.74) is 2.99. The molecular formula is C14H21BrN2. The van der Waals surface area contributed by atoms with E-state index in [0.29, 0.717) is 6.04 Å². The largest absolute Gasteiger partial charge is 0.310 e. The molecule has 0 saturated heterocycles. The van der Waals surface area contributed by atoms with Crippen LogP contribution in [0.25, 0.3) is 0 Å². The molecule has 0 aliphatic heterocycles. The first kappa shape index (κ1) is 13.1. The maximum Gasteiger partial charge on any atom is 0.0326 e. The highest BCUT2D eigenvalue weighted by atomic mass is 79.9. The number of rotatable bonds is 5. The van der Waals surface area contributed by atoms with E-state index in [1.807, 2.05) is 0 Å². The molecule has 0 heterocycles. The van der Waals surface area contributed by atoms with Crippen molar-refractivity contribution in [2.24, 2.45) is 0 Å². The zero-order valence-corrected chi connectivity index (χ0v) is 12.3. The van der Waals surface area contributed by atoms with Gasteiger partial charge in [0.05, 0.1) is 0 Å². The van der Waals surface area contributed by atoms with Gasteiger partial charge in [-0.05, 0) is 63.6 Å². The van der Waals surface area contributed by atoms with Gasteiger partial charge in [-0.15, -0.1) is 0 Å². The minimum absolute atomic E-state index is 0.560. The lowest BCUT2D eigenvalue weighted by molar-refractivity contribution is 0.386. The highest BCUT2D eigenvalue weighted by molar-refractivity contribution is 9.10. The van der Waals surface area contributed by atoms with Gasteiger partial charge in [0.2, 0.25) is 0 Å². The van der Waals surface area contributed by atoms with E-state index in [-0.39, 0.29) is 0 Å². The van der Waals surface area contributed by atoms with E-state index < -0.39 is 0 Å². The molecule has 1 unspecified atom stereocenters. The van der Waals surface area contributed by atoms with E-state index in [0.717, 1.165) is 13.1 Å². The van der Waals surface area contributed by atoms with Crippen LogP contribution in [-0.4, -0.2) is 32.1 Å². The predicted molar refractivity (Wildman–Crippen MR) is 76.4 cm³/mol. The number of nitrogens with one attached hydrogen (secondary N) is 1. The Morgan fingerprint density at radius 3 is 3.00 bits per heavy atom. The molecule has 0 radical (unpaired) electrons. The van der Waals surface area contributed by atoms with Crippen LogP contribution >= 0.6 is 15.9 Å². The van der Waals surface area contributed by atoms with Crippen molar-refractivity contribution in [3.8, 4) is 0 Å². The Kier molecular flexibility index (Phi) is 4.60. The van der Waals surface area contributed by atoms with E-state index in [4.69, 9.17) is 0 Å². The van der Waals surface area contributed by atoms with Gasteiger partial charge in [-0.25, -0.2) is 0 Å². The quantitative estimate of drug-likeness (QED) is 0.841. The van der Waals surface area contributed by atoms with Crippen LogP contribution in [0.2, 0.25) is 0 Å². The fourth-order valence-electron chi connectivity index (χ4n) is 2.49. The number of halogens is 1. The third kappa shape index (κ3) is 3.30. The topological polar surface area (TPSA) is 15.3 Å². The average Bonchev–Trinajstić information content (AvgIpc) is 2.69. The van der Waals surface area contributed by atoms with Crippen LogP contribution in [0.5, 0.6) is 0 Å². The number of hydrogen-bond donors (Lipinski definition) is 1. The molecule has 17 heavy (non-hydrogen) atoms. The smallest absolute Gasteiger partial charge is 0.0326 e. The second-order valence-corrected chi connectivity index (χ2v) is 5.86. The number of nitrogens with zero attached hydrogens (tertiary/aromatic N) is 1. The maximum absolute atomic E-state index is 3.67. The second kappa shape index (κ2) is 5.98. The van der Waals surface area contributed by atoms with Crippen LogP contribution in [-0.2, 0) is 6.42 Å². The molecule has 1 N–H and O–H groups in total. The lowest BCUT2D eigenvalue weighted by Crippen LogP contribution is -2.24. The Bertz CT molecular complexity index is 376. The molecule has 1 aromatic rings. The first-order valence-corrected chi connectivity index (χ1v) is 7.13. The van der Waals surface area contributed by atoms with Crippen LogP contribution in [0.4, 0.5) is 0 Å². The van der Waals surface area contributed by atoms with Crippen LogP contribution < -0.4 is 5.32 Å². The molecule has 1 atom stereocenters. The highest BCUT2D eigenvalue weighted by Gasteiger charge is 2.22. The van der Waals surface area contributed by atoms with Gasteiger partial charge in [0.1, 0.15) is 0 Å². The Hall–Kier alpha value is -0.380.